The van der Waals surface area contributed by atoms with Gasteiger partial charge in [-0.15, -0.1) is 0 Å². The van der Waals surface area contributed by atoms with Gasteiger partial charge < -0.3 is 14.5 Å². The third kappa shape index (κ3) is 2.82. The summed E-state index contributed by atoms with van der Waals surface area (Å²) in [5.74, 6) is 0.0846. The van der Waals surface area contributed by atoms with Gasteiger partial charge in [-0.1, -0.05) is 19.4 Å². The Kier molecular flexibility index (Phi) is 4.40. The second kappa shape index (κ2) is 6.23. The van der Waals surface area contributed by atoms with Gasteiger partial charge in [-0.25, -0.2) is 0 Å². The second-order valence-electron chi connectivity index (χ2n) is 4.42. The largest absolute Gasteiger partial charge is 0.496 e. The van der Waals surface area contributed by atoms with Crippen LogP contribution in [-0.2, 0) is 0 Å². The van der Waals surface area contributed by atoms with Gasteiger partial charge in [-0.05, 0) is 18.6 Å². The van der Waals surface area contributed by atoms with Gasteiger partial charge in [-0.2, -0.15) is 0 Å². The van der Waals surface area contributed by atoms with E-state index in [0.717, 1.165) is 12.8 Å². The summed E-state index contributed by atoms with van der Waals surface area (Å²) in [6.07, 6.45) is 1.87. The molecule has 0 radical (unpaired) electrons. The van der Waals surface area contributed by atoms with Gasteiger partial charge in [0, 0.05) is 12.6 Å². The number of rotatable bonds is 5. The van der Waals surface area contributed by atoms with Crippen LogP contribution in [0, 0.1) is 0 Å². The zero-order valence-corrected chi connectivity index (χ0v) is 11.6. The maximum Gasteiger partial charge on any atom is 0.287 e. The minimum Gasteiger partial charge on any atom is -0.496 e. The highest BCUT2D eigenvalue weighted by Gasteiger charge is 2.14. The fourth-order valence-electron chi connectivity index (χ4n) is 1.93. The minimum absolute atomic E-state index is 0.0202. The average Bonchev–Trinajstić information content (AvgIpc) is 2.46. The standard InChI is InChI=1S/C15H17NO4/c1-3-4-8-16-15(18)13-9-10(17)14-11(19-2)6-5-7-12(14)20-13/h5-7,9H,3-4,8H2,1-2H3,(H,16,18). The Hall–Kier alpha value is -2.30. The first-order valence-corrected chi connectivity index (χ1v) is 6.56. The zero-order valence-electron chi connectivity index (χ0n) is 11.6. The molecule has 1 aromatic carbocycles. The molecule has 0 saturated carbocycles. The number of carbonyl (C=O) groups excluding carboxylic acids is 1. The highest BCUT2D eigenvalue weighted by atomic mass is 16.5. The highest BCUT2D eigenvalue weighted by Crippen LogP contribution is 2.22. The van der Waals surface area contributed by atoms with E-state index in [4.69, 9.17) is 9.15 Å². The Bertz CT molecular complexity index is 675. The molecule has 1 amide bonds. The van der Waals surface area contributed by atoms with Crippen molar-refractivity contribution in [3.05, 3.63) is 40.2 Å². The van der Waals surface area contributed by atoms with Gasteiger partial charge in [0.1, 0.15) is 16.7 Å². The molecule has 0 aliphatic heterocycles. The second-order valence-corrected chi connectivity index (χ2v) is 4.42. The number of carbonyl (C=O) groups is 1. The van der Waals surface area contributed by atoms with Crippen molar-refractivity contribution in [3.8, 4) is 5.75 Å². The first kappa shape index (κ1) is 14.1. The molecule has 0 unspecified atom stereocenters. The van der Waals surface area contributed by atoms with E-state index in [1.165, 1.54) is 13.2 Å². The fraction of sp³-hybridized carbons (Fsp3) is 0.333. The number of fused-ring (bicyclic) bond motifs is 1. The molecule has 5 heteroatoms. The quantitative estimate of drug-likeness (QED) is 0.850. The molecule has 1 N–H and O–H groups in total. The zero-order chi connectivity index (χ0) is 14.5. The molecule has 1 heterocycles. The molecule has 5 nitrogen and oxygen atoms in total. The molecular weight excluding hydrogens is 258 g/mol. The SMILES string of the molecule is CCCCNC(=O)c1cc(=O)c2c(OC)cccc2o1. The number of methoxy groups -OCH3 is 1. The molecule has 0 aliphatic carbocycles. The van der Waals surface area contributed by atoms with Gasteiger partial charge in [0.05, 0.1) is 7.11 Å². The summed E-state index contributed by atoms with van der Waals surface area (Å²) in [4.78, 5) is 24.0. The van der Waals surface area contributed by atoms with Crippen LogP contribution in [0.1, 0.15) is 30.3 Å². The Balaban J connectivity index is 2.38. The van der Waals surface area contributed by atoms with E-state index in [1.807, 2.05) is 6.92 Å². The number of unbranched alkanes of at least 4 members (excludes halogenated alkanes) is 1. The molecule has 0 saturated heterocycles. The lowest BCUT2D eigenvalue weighted by Crippen LogP contribution is -2.25. The van der Waals surface area contributed by atoms with Crippen LogP contribution in [0.4, 0.5) is 0 Å². The Labute approximate surface area is 116 Å². The van der Waals surface area contributed by atoms with Crippen molar-refractivity contribution in [2.24, 2.45) is 0 Å². The van der Waals surface area contributed by atoms with Crippen molar-refractivity contribution in [2.75, 3.05) is 13.7 Å². The highest BCUT2D eigenvalue weighted by molar-refractivity contribution is 5.94. The first-order chi connectivity index (χ1) is 9.67. The van der Waals surface area contributed by atoms with Crippen LogP contribution in [0.15, 0.2) is 33.5 Å². The lowest BCUT2D eigenvalue weighted by Gasteiger charge is -2.06. The van der Waals surface area contributed by atoms with Crippen molar-refractivity contribution in [2.45, 2.75) is 19.8 Å². The lowest BCUT2D eigenvalue weighted by molar-refractivity contribution is 0.0926. The fourth-order valence-corrected chi connectivity index (χ4v) is 1.93. The van der Waals surface area contributed by atoms with Crippen LogP contribution in [-0.4, -0.2) is 19.6 Å². The smallest absolute Gasteiger partial charge is 0.287 e. The van der Waals surface area contributed by atoms with Crippen LogP contribution in [0.25, 0.3) is 11.0 Å². The molecule has 0 spiro atoms. The number of ether oxygens (including phenoxy) is 1. The van der Waals surface area contributed by atoms with Gasteiger partial charge >= 0.3 is 0 Å². The van der Waals surface area contributed by atoms with E-state index in [-0.39, 0.29) is 17.1 Å². The average molecular weight is 275 g/mol. The Morgan fingerprint density at radius 2 is 2.20 bits per heavy atom. The molecule has 1 aromatic heterocycles. The number of benzene rings is 1. The van der Waals surface area contributed by atoms with Crippen molar-refractivity contribution in [1.29, 1.82) is 0 Å². The summed E-state index contributed by atoms with van der Waals surface area (Å²) in [6.45, 7) is 2.60. The predicted molar refractivity (Wildman–Crippen MR) is 76.3 cm³/mol. The number of nitrogens with one attached hydrogen (secondary N) is 1. The molecule has 2 rings (SSSR count). The van der Waals surface area contributed by atoms with E-state index < -0.39 is 0 Å². The van der Waals surface area contributed by atoms with Gasteiger partial charge in [0.2, 0.25) is 0 Å². The number of hydrogen-bond donors (Lipinski definition) is 1. The summed E-state index contributed by atoms with van der Waals surface area (Å²) in [5.41, 5.74) is 0.0573. The Morgan fingerprint density at radius 1 is 1.40 bits per heavy atom. The molecule has 0 atom stereocenters. The van der Waals surface area contributed by atoms with Gasteiger partial charge in [-0.3, -0.25) is 9.59 Å². The Morgan fingerprint density at radius 3 is 2.90 bits per heavy atom. The van der Waals surface area contributed by atoms with Crippen LogP contribution in [0.5, 0.6) is 5.75 Å². The normalized spacial score (nSPS) is 10.5. The van der Waals surface area contributed by atoms with Crippen LogP contribution in [0.2, 0.25) is 0 Å². The van der Waals surface area contributed by atoms with Gasteiger partial charge in [0.15, 0.2) is 11.2 Å². The third-order valence-electron chi connectivity index (χ3n) is 2.98. The summed E-state index contributed by atoms with van der Waals surface area (Å²) >= 11 is 0. The van der Waals surface area contributed by atoms with Crippen LogP contribution in [0.3, 0.4) is 0 Å². The van der Waals surface area contributed by atoms with Crippen LogP contribution < -0.4 is 15.5 Å². The molecule has 2 aromatic rings. The van der Waals surface area contributed by atoms with Crippen molar-refractivity contribution < 1.29 is 13.9 Å². The molecule has 0 fully saturated rings. The molecule has 0 aliphatic rings. The van der Waals surface area contributed by atoms with Crippen molar-refractivity contribution >= 4 is 16.9 Å². The number of hydrogen-bond acceptors (Lipinski definition) is 4. The maximum absolute atomic E-state index is 12.1. The maximum atomic E-state index is 12.1. The van der Waals surface area contributed by atoms with E-state index >= 15 is 0 Å². The predicted octanol–water partition coefficient (Wildman–Crippen LogP) is 2.33. The van der Waals surface area contributed by atoms with E-state index in [1.54, 1.807) is 18.2 Å². The van der Waals surface area contributed by atoms with Crippen molar-refractivity contribution in [3.63, 3.8) is 0 Å². The van der Waals surface area contributed by atoms with E-state index in [2.05, 4.69) is 5.32 Å². The minimum atomic E-state index is -0.375. The van der Waals surface area contributed by atoms with E-state index in [0.29, 0.717) is 23.3 Å². The van der Waals surface area contributed by atoms with Gasteiger partial charge in [0.25, 0.3) is 5.91 Å². The summed E-state index contributed by atoms with van der Waals surface area (Å²) in [5, 5.41) is 3.06. The number of amides is 1. The lowest BCUT2D eigenvalue weighted by atomic mass is 10.2. The monoisotopic (exact) mass is 275 g/mol. The first-order valence-electron chi connectivity index (χ1n) is 6.56. The molecule has 106 valence electrons. The molecular formula is C15H17NO4. The third-order valence-corrected chi connectivity index (χ3v) is 2.98. The summed E-state index contributed by atoms with van der Waals surface area (Å²) in [7, 11) is 1.49. The van der Waals surface area contributed by atoms with Crippen LogP contribution >= 0.6 is 0 Å². The molecule has 0 bridgehead atoms. The van der Waals surface area contributed by atoms with E-state index in [9.17, 15) is 9.59 Å². The molecule has 20 heavy (non-hydrogen) atoms. The topological polar surface area (TPSA) is 68.5 Å². The summed E-state index contributed by atoms with van der Waals surface area (Å²) < 4.78 is 10.6. The van der Waals surface area contributed by atoms with Crippen molar-refractivity contribution in [1.82, 2.24) is 5.32 Å². The summed E-state index contributed by atoms with van der Waals surface area (Å²) in [6, 6.07) is 6.23.